The first-order valence-corrected chi connectivity index (χ1v) is 12.2. The molecule has 0 radical (unpaired) electrons. The quantitative estimate of drug-likeness (QED) is 0.108. The number of nitrogens with one attached hydrogen (secondary N) is 2. The van der Waals surface area contributed by atoms with Gasteiger partial charge in [0.1, 0.15) is 17.9 Å². The molecule has 1 aromatic rings. The van der Waals surface area contributed by atoms with Gasteiger partial charge in [-0.05, 0) is 6.42 Å². The Bertz CT molecular complexity index is 1030. The summed E-state index contributed by atoms with van der Waals surface area (Å²) in [6, 6.07) is 0. The molecule has 1 aromatic heterocycles. The van der Waals surface area contributed by atoms with Crippen molar-refractivity contribution in [3.8, 4) is 11.8 Å². The zero-order valence-corrected chi connectivity index (χ0v) is 25.2. The number of carbonyl (C=O) groups excluding carboxylic acids is 1. The Morgan fingerprint density at radius 3 is 2.66 bits per heavy atom. The van der Waals surface area contributed by atoms with Crippen molar-refractivity contribution in [3.05, 3.63) is 32.6 Å². The van der Waals surface area contributed by atoms with Crippen LogP contribution in [0.5, 0.6) is 0 Å². The van der Waals surface area contributed by atoms with Crippen molar-refractivity contribution < 1.29 is 92.6 Å². The van der Waals surface area contributed by atoms with Crippen molar-refractivity contribution in [2.75, 3.05) is 13.2 Å². The zero-order chi connectivity index (χ0) is 24.4. The third-order valence-corrected chi connectivity index (χ3v) is 5.45. The van der Waals surface area contributed by atoms with Crippen molar-refractivity contribution in [3.63, 3.8) is 0 Å². The number of phosphoric acid groups is 1. The van der Waals surface area contributed by atoms with Crippen molar-refractivity contribution in [1.82, 2.24) is 14.9 Å². The molecule has 0 spiro atoms. The average Bonchev–Trinajstić information content (AvgIpc) is 3.10. The zero-order valence-electron chi connectivity index (χ0n) is 20.3. The van der Waals surface area contributed by atoms with E-state index in [1.54, 1.807) is 0 Å². The molecular weight excluding hydrogens is 503 g/mol. The first kappa shape index (κ1) is 34.7. The summed E-state index contributed by atoms with van der Waals surface area (Å²) in [6.45, 7) is 1.43. The van der Waals surface area contributed by atoms with E-state index in [9.17, 15) is 33.8 Å². The molecule has 0 saturated carbocycles. The van der Waals surface area contributed by atoms with E-state index in [1.807, 2.05) is 0 Å². The number of ether oxygens (including phenoxy) is 1. The fourth-order valence-electron chi connectivity index (χ4n) is 3.25. The normalized spacial score (nSPS) is 19.1. The van der Waals surface area contributed by atoms with E-state index in [-0.39, 0.29) is 83.6 Å². The third kappa shape index (κ3) is 12.7. The van der Waals surface area contributed by atoms with Crippen LogP contribution in [0.4, 0.5) is 0 Å². The Morgan fingerprint density at radius 1 is 1.31 bits per heavy atom. The number of aliphatic hydroxyl groups is 1. The van der Waals surface area contributed by atoms with Gasteiger partial charge in [-0.1, -0.05) is 44.4 Å². The maximum atomic E-state index is 12.2. The molecule has 1 unspecified atom stereocenters. The Kier molecular flexibility index (Phi) is 17.2. The molecule has 0 aromatic carbocycles. The summed E-state index contributed by atoms with van der Waals surface area (Å²) in [5, 5.41) is 12.7. The molecule has 35 heavy (non-hydrogen) atoms. The number of aliphatic hydroxyl groups excluding tert-OH is 1. The Labute approximate surface area is 247 Å². The minimum atomic E-state index is -5.25. The van der Waals surface area contributed by atoms with Crippen LogP contribution in [0.2, 0.25) is 0 Å². The summed E-state index contributed by atoms with van der Waals surface area (Å²) < 4.78 is 21.1. The Morgan fingerprint density at radius 2 is 2.00 bits per heavy atom. The first-order valence-electron chi connectivity index (χ1n) is 10.7. The van der Waals surface area contributed by atoms with Gasteiger partial charge in [0.05, 0.1) is 27.1 Å². The molecule has 184 valence electrons. The summed E-state index contributed by atoms with van der Waals surface area (Å²) >= 11 is 0. The van der Waals surface area contributed by atoms with Gasteiger partial charge in [0.25, 0.3) is 5.56 Å². The van der Waals surface area contributed by atoms with Crippen molar-refractivity contribution in [2.24, 2.45) is 0 Å². The van der Waals surface area contributed by atoms with Crippen LogP contribution < -0.4 is 85.5 Å². The maximum Gasteiger partial charge on any atom is 1.00 e. The van der Waals surface area contributed by atoms with E-state index < -0.39 is 44.1 Å². The summed E-state index contributed by atoms with van der Waals surface area (Å²) in [6.07, 6.45) is 3.19. The van der Waals surface area contributed by atoms with Gasteiger partial charge >= 0.3 is 64.8 Å². The van der Waals surface area contributed by atoms with Crippen LogP contribution >= 0.6 is 7.82 Å². The van der Waals surface area contributed by atoms with E-state index in [2.05, 4.69) is 33.6 Å². The second-order valence-electron chi connectivity index (χ2n) is 7.63. The second kappa shape index (κ2) is 17.3. The van der Waals surface area contributed by atoms with E-state index in [0.717, 1.165) is 42.9 Å². The number of hydrogen-bond acceptors (Lipinski definition) is 9. The van der Waals surface area contributed by atoms with Crippen LogP contribution in [0.15, 0.2) is 15.8 Å². The van der Waals surface area contributed by atoms with E-state index in [0.29, 0.717) is 6.42 Å². The largest absolute Gasteiger partial charge is 1.00 e. The monoisotopic (exact) mass is 531 g/mol. The summed E-state index contributed by atoms with van der Waals surface area (Å²) in [5.74, 6) is 5.09. The number of nitrogens with zero attached hydrogens (tertiary/aromatic N) is 1. The molecule has 1 aliphatic rings. The van der Waals surface area contributed by atoms with Crippen LogP contribution in [0.3, 0.4) is 0 Å². The van der Waals surface area contributed by atoms with Gasteiger partial charge in [0, 0.05) is 19.0 Å². The Balaban J connectivity index is 0.00000578. The molecule has 0 aliphatic carbocycles. The van der Waals surface area contributed by atoms with E-state index in [4.69, 9.17) is 4.74 Å². The van der Waals surface area contributed by atoms with Crippen molar-refractivity contribution >= 4 is 13.7 Å². The number of unbranched alkanes of at least 4 members (excludes halogenated alkanes) is 4. The molecule has 3 atom stereocenters. The fourth-order valence-corrected chi connectivity index (χ4v) is 3.58. The van der Waals surface area contributed by atoms with Crippen LogP contribution in [0.25, 0.3) is 0 Å². The second-order valence-corrected chi connectivity index (χ2v) is 8.78. The number of aromatic amines is 1. The van der Waals surface area contributed by atoms with Crippen molar-refractivity contribution in [2.45, 2.75) is 70.3 Å². The number of phosphoric ester groups is 1. The molecule has 1 saturated heterocycles. The fraction of sp³-hybridized carbons (Fsp3) is 0.650. The molecule has 1 amide bonds. The van der Waals surface area contributed by atoms with Crippen LogP contribution in [-0.2, 0) is 18.6 Å². The van der Waals surface area contributed by atoms with Crippen LogP contribution in [0, 0.1) is 11.8 Å². The van der Waals surface area contributed by atoms with Gasteiger partial charge < -0.3 is 34.0 Å². The first-order chi connectivity index (χ1) is 15.6. The number of hydrogen-bond donors (Lipinski definition) is 3. The topological polar surface area (TPSA) is 186 Å². The molecule has 1 aliphatic heterocycles. The summed E-state index contributed by atoms with van der Waals surface area (Å²) in [4.78, 5) is 59.3. The maximum absolute atomic E-state index is 12.2. The van der Waals surface area contributed by atoms with Gasteiger partial charge in [-0.2, -0.15) is 0 Å². The summed E-state index contributed by atoms with van der Waals surface area (Å²) in [7, 11) is -5.25. The molecule has 1 fully saturated rings. The SMILES string of the molecule is CCCCCCCC(=O)NCC#Cc1cn([C@H]2CC(O)[C@@H](COP(=O)([O-])[O-])O2)c(=O)[nH]c1=O.[Na+].[Na+]. The average molecular weight is 531 g/mol. The van der Waals surface area contributed by atoms with Crippen LogP contribution in [0.1, 0.15) is 63.7 Å². The van der Waals surface area contributed by atoms with E-state index in [1.165, 1.54) is 0 Å². The summed E-state index contributed by atoms with van der Waals surface area (Å²) in [5.41, 5.74) is -1.62. The minimum Gasteiger partial charge on any atom is -0.790 e. The molecule has 3 N–H and O–H groups in total. The molecule has 12 nitrogen and oxygen atoms in total. The molecule has 2 rings (SSSR count). The third-order valence-electron chi connectivity index (χ3n) is 4.98. The number of rotatable bonds is 11. The standard InChI is InChI=1S/C20H30N3O9P.2Na/c1-2-3-4-5-6-9-17(25)21-10-7-8-14-12-23(20(27)22-19(14)26)18-11-15(24)16(32-18)13-31-33(28,29)30;;/h12,15-16,18,24H,2-6,9-11,13H2,1H3,(H,21,25)(H,22,26,27)(H2,28,29,30);;/q;2*+1/p-2/t15?,16-,18-;;/m1../s1. The predicted molar refractivity (Wildman–Crippen MR) is 113 cm³/mol. The molecule has 0 bridgehead atoms. The van der Waals surface area contributed by atoms with Crippen LogP contribution in [-0.4, -0.2) is 45.9 Å². The van der Waals surface area contributed by atoms with Gasteiger partial charge in [-0.25, -0.2) is 4.79 Å². The molecule has 2 heterocycles. The Hall–Kier alpha value is -0.260. The smallest absolute Gasteiger partial charge is 0.790 e. The van der Waals surface area contributed by atoms with Crippen molar-refractivity contribution in [1.29, 1.82) is 0 Å². The number of amides is 1. The van der Waals surface area contributed by atoms with Gasteiger partial charge in [-0.15, -0.1) is 0 Å². The number of carbonyl (C=O) groups is 1. The van der Waals surface area contributed by atoms with Gasteiger partial charge in [-0.3, -0.25) is 19.1 Å². The number of H-pyrrole nitrogens is 1. The van der Waals surface area contributed by atoms with E-state index >= 15 is 0 Å². The predicted octanol–water partition coefficient (Wildman–Crippen LogP) is -7.13. The van der Waals surface area contributed by atoms with Gasteiger partial charge in [0.15, 0.2) is 0 Å². The molecule has 15 heteroatoms. The minimum absolute atomic E-state index is 0. The van der Waals surface area contributed by atoms with Gasteiger partial charge in [0.2, 0.25) is 5.91 Å². The molecular formula is C20H28N3Na2O9P. The number of aromatic nitrogens is 2.